The van der Waals surface area contributed by atoms with Gasteiger partial charge in [-0.15, -0.1) is 0 Å². The van der Waals surface area contributed by atoms with Crippen LogP contribution >= 0.6 is 0 Å². The van der Waals surface area contributed by atoms with Crippen molar-refractivity contribution < 1.29 is 27.9 Å². The van der Waals surface area contributed by atoms with Crippen molar-refractivity contribution in [1.29, 1.82) is 0 Å². The van der Waals surface area contributed by atoms with Gasteiger partial charge in [0.1, 0.15) is 23.3 Å². The van der Waals surface area contributed by atoms with E-state index in [0.717, 1.165) is 6.92 Å². The first-order chi connectivity index (χ1) is 14.6. The molecule has 0 aliphatic carbocycles. The average Bonchev–Trinajstić information content (AvgIpc) is 3.11. The number of hydrogen-bond acceptors (Lipinski definition) is 6. The smallest absolute Gasteiger partial charge is 0.408 e. The van der Waals surface area contributed by atoms with Crippen LogP contribution in [0.15, 0.2) is 30.5 Å². The molecule has 1 unspecified atom stereocenters. The van der Waals surface area contributed by atoms with Crippen LogP contribution in [0, 0.1) is 0 Å². The zero-order valence-electron chi connectivity index (χ0n) is 16.3. The van der Waals surface area contributed by atoms with Crippen LogP contribution in [-0.4, -0.2) is 58.4 Å². The van der Waals surface area contributed by atoms with Gasteiger partial charge in [0.15, 0.2) is 5.82 Å². The van der Waals surface area contributed by atoms with Crippen molar-refractivity contribution in [1.82, 2.24) is 15.3 Å². The van der Waals surface area contributed by atoms with Gasteiger partial charge in [-0.3, -0.25) is 15.0 Å². The summed E-state index contributed by atoms with van der Waals surface area (Å²) < 4.78 is 38.4. The number of alkyl halides is 3. The Bertz CT molecular complexity index is 1030. The van der Waals surface area contributed by atoms with Gasteiger partial charge < -0.3 is 15.3 Å². The van der Waals surface area contributed by atoms with Crippen LogP contribution in [0.3, 0.4) is 0 Å². The standard InChI is InChI=1S/C19H19F3N6O3/c1-10(19(20,21)22)24-17(30)13-2-3-14-16(25-13)28(11-5-7-27(14)9-11)18(31)26-15-8-12(29)4-6-23-15/h2-4,6,8,10-11H,5,7,9H2,1H3,(H,24,30)(H2,23,26,29,31)/t10?,11-/m0/s1. The number of pyridine rings is 2. The number of halogens is 3. The molecule has 2 atom stereocenters. The van der Waals surface area contributed by atoms with Gasteiger partial charge in [0, 0.05) is 25.4 Å². The van der Waals surface area contributed by atoms with Gasteiger partial charge in [-0.05, 0) is 31.5 Å². The third-order valence-electron chi connectivity index (χ3n) is 5.22. The van der Waals surface area contributed by atoms with E-state index in [4.69, 9.17) is 0 Å². The van der Waals surface area contributed by atoms with E-state index in [9.17, 15) is 27.9 Å². The molecule has 4 rings (SSSR count). The largest absolute Gasteiger partial charge is 0.508 e. The van der Waals surface area contributed by atoms with Crippen molar-refractivity contribution in [3.63, 3.8) is 0 Å². The number of carbonyl (C=O) groups excluding carboxylic acids is 2. The highest BCUT2D eigenvalue weighted by atomic mass is 19.4. The third-order valence-corrected chi connectivity index (χ3v) is 5.22. The molecule has 2 bridgehead atoms. The Hall–Kier alpha value is -3.57. The Morgan fingerprint density at radius 2 is 2.06 bits per heavy atom. The molecular formula is C19H19F3N6O3. The molecule has 0 aromatic carbocycles. The number of rotatable bonds is 3. The molecule has 2 aliphatic heterocycles. The fraction of sp³-hybridized carbons (Fsp3) is 0.368. The van der Waals surface area contributed by atoms with E-state index in [0.29, 0.717) is 25.2 Å². The number of nitrogens with zero attached hydrogens (tertiary/aromatic N) is 4. The second-order valence-electron chi connectivity index (χ2n) is 7.36. The number of anilines is 3. The quantitative estimate of drug-likeness (QED) is 0.682. The topological polar surface area (TPSA) is 111 Å². The van der Waals surface area contributed by atoms with Crippen LogP contribution in [0.4, 0.5) is 35.3 Å². The molecule has 3 N–H and O–H groups in total. The molecule has 2 aromatic rings. The van der Waals surface area contributed by atoms with Crippen molar-refractivity contribution >= 4 is 29.3 Å². The number of nitrogens with one attached hydrogen (secondary N) is 2. The second kappa shape index (κ2) is 7.60. The van der Waals surface area contributed by atoms with Crippen molar-refractivity contribution in [2.24, 2.45) is 0 Å². The fourth-order valence-corrected chi connectivity index (χ4v) is 3.61. The molecule has 12 heteroatoms. The van der Waals surface area contributed by atoms with Gasteiger partial charge in [0.2, 0.25) is 0 Å². The molecule has 2 aliphatic rings. The number of hydrogen-bond donors (Lipinski definition) is 3. The Morgan fingerprint density at radius 1 is 1.29 bits per heavy atom. The Morgan fingerprint density at radius 3 is 2.77 bits per heavy atom. The Labute approximate surface area is 174 Å². The summed E-state index contributed by atoms with van der Waals surface area (Å²) in [5.74, 6) is -0.763. The van der Waals surface area contributed by atoms with E-state index in [1.807, 2.05) is 10.2 Å². The minimum Gasteiger partial charge on any atom is -0.508 e. The van der Waals surface area contributed by atoms with Crippen molar-refractivity contribution in [2.75, 3.05) is 28.2 Å². The summed E-state index contributed by atoms with van der Waals surface area (Å²) in [6, 6.07) is 2.69. The van der Waals surface area contributed by atoms with E-state index in [1.165, 1.54) is 29.3 Å². The molecule has 4 heterocycles. The first-order valence-corrected chi connectivity index (χ1v) is 9.52. The molecule has 164 valence electrons. The normalized spacial score (nSPS) is 18.4. The maximum Gasteiger partial charge on any atom is 0.408 e. The third kappa shape index (κ3) is 4.05. The molecule has 1 saturated heterocycles. The van der Waals surface area contributed by atoms with Crippen molar-refractivity contribution in [3.8, 4) is 5.75 Å². The monoisotopic (exact) mass is 436 g/mol. The van der Waals surface area contributed by atoms with E-state index in [-0.39, 0.29) is 29.1 Å². The maximum atomic E-state index is 13.0. The minimum atomic E-state index is -4.59. The Kier molecular flexibility index (Phi) is 5.07. The van der Waals surface area contributed by atoms with Gasteiger partial charge >= 0.3 is 12.2 Å². The molecule has 31 heavy (non-hydrogen) atoms. The van der Waals surface area contributed by atoms with Crippen LogP contribution < -0.4 is 20.4 Å². The SMILES string of the molecule is CC(NC(=O)c1ccc2c(n1)N(C(=O)Nc1cc(O)ccn1)[C@H]1CCN2C1)C(F)(F)F. The molecule has 3 amide bonds. The molecule has 0 spiro atoms. The predicted molar refractivity (Wildman–Crippen MR) is 105 cm³/mol. The second-order valence-corrected chi connectivity index (χ2v) is 7.36. The van der Waals surface area contributed by atoms with E-state index >= 15 is 0 Å². The number of urea groups is 1. The summed E-state index contributed by atoms with van der Waals surface area (Å²) in [6.45, 7) is 2.07. The lowest BCUT2D eigenvalue weighted by Crippen LogP contribution is -2.49. The van der Waals surface area contributed by atoms with E-state index < -0.39 is 24.2 Å². The van der Waals surface area contributed by atoms with Crippen molar-refractivity contribution in [2.45, 2.75) is 31.6 Å². The lowest BCUT2D eigenvalue weighted by molar-refractivity contribution is -0.149. The molecule has 0 radical (unpaired) electrons. The number of aromatic nitrogens is 2. The van der Waals surface area contributed by atoms with Gasteiger partial charge in [0.25, 0.3) is 5.91 Å². The molecular weight excluding hydrogens is 417 g/mol. The average molecular weight is 436 g/mol. The highest BCUT2D eigenvalue weighted by Crippen LogP contribution is 2.39. The lowest BCUT2D eigenvalue weighted by Gasteiger charge is -2.35. The molecule has 1 fully saturated rings. The van der Waals surface area contributed by atoms with Gasteiger partial charge in [-0.1, -0.05) is 0 Å². The highest BCUT2D eigenvalue weighted by Gasteiger charge is 2.41. The predicted octanol–water partition coefficient (Wildman–Crippen LogP) is 2.49. The molecule has 0 saturated carbocycles. The zero-order valence-corrected chi connectivity index (χ0v) is 16.3. The van der Waals surface area contributed by atoms with E-state index in [1.54, 1.807) is 6.07 Å². The summed E-state index contributed by atoms with van der Waals surface area (Å²) in [6.07, 6.45) is -2.60. The number of amides is 3. The molecule has 9 nitrogen and oxygen atoms in total. The number of fused-ring (bicyclic) bond motifs is 4. The van der Waals surface area contributed by atoms with Crippen LogP contribution in [0.25, 0.3) is 0 Å². The summed E-state index contributed by atoms with van der Waals surface area (Å²) in [5, 5.41) is 14.0. The zero-order chi connectivity index (χ0) is 22.3. The van der Waals surface area contributed by atoms with Gasteiger partial charge in [-0.2, -0.15) is 13.2 Å². The van der Waals surface area contributed by atoms with Gasteiger partial charge in [-0.25, -0.2) is 14.8 Å². The molecule has 2 aromatic heterocycles. The van der Waals surface area contributed by atoms with Gasteiger partial charge in [0.05, 0.1) is 11.7 Å². The van der Waals surface area contributed by atoms with Crippen molar-refractivity contribution in [3.05, 3.63) is 36.2 Å². The lowest BCUT2D eigenvalue weighted by atomic mass is 10.1. The number of aromatic hydroxyl groups is 1. The van der Waals surface area contributed by atoms with Crippen LogP contribution in [-0.2, 0) is 0 Å². The maximum absolute atomic E-state index is 13.0. The summed E-state index contributed by atoms with van der Waals surface area (Å²) in [7, 11) is 0. The summed E-state index contributed by atoms with van der Waals surface area (Å²) in [4.78, 5) is 36.9. The van der Waals surface area contributed by atoms with Crippen LogP contribution in [0.5, 0.6) is 5.75 Å². The first-order valence-electron chi connectivity index (χ1n) is 9.52. The number of carbonyl (C=O) groups is 2. The highest BCUT2D eigenvalue weighted by molar-refractivity contribution is 6.05. The minimum absolute atomic E-state index is 0.0766. The Balaban J connectivity index is 1.63. The summed E-state index contributed by atoms with van der Waals surface area (Å²) in [5.41, 5.74) is 0.374. The van der Waals surface area contributed by atoms with Crippen LogP contribution in [0.1, 0.15) is 23.8 Å². The van der Waals surface area contributed by atoms with E-state index in [2.05, 4.69) is 15.3 Å². The van der Waals surface area contributed by atoms with Crippen LogP contribution in [0.2, 0.25) is 0 Å². The first kappa shape index (κ1) is 20.7. The fourth-order valence-electron chi connectivity index (χ4n) is 3.61. The summed E-state index contributed by atoms with van der Waals surface area (Å²) >= 11 is 0.